The number of aliphatic carboxylic acids is 1. The fourth-order valence-electron chi connectivity index (χ4n) is 1.20. The number of carboxylic acids is 1. The third-order valence-corrected chi connectivity index (χ3v) is 4.33. The largest absolute Gasteiger partial charge is 0.480 e. The van der Waals surface area contributed by atoms with Crippen molar-refractivity contribution in [1.29, 1.82) is 0 Å². The van der Waals surface area contributed by atoms with E-state index in [-0.39, 0.29) is 4.90 Å². The zero-order valence-corrected chi connectivity index (χ0v) is 12.3. The molecule has 0 heterocycles. The van der Waals surface area contributed by atoms with Gasteiger partial charge in [0.05, 0.1) is 11.0 Å². The first kappa shape index (κ1) is 15.3. The van der Waals surface area contributed by atoms with Gasteiger partial charge in [-0.15, -0.1) is 0 Å². The van der Waals surface area contributed by atoms with Gasteiger partial charge >= 0.3 is 5.97 Å². The average Bonchev–Trinajstić information content (AvgIpc) is 2.26. The maximum atomic E-state index is 11.9. The van der Waals surface area contributed by atoms with Gasteiger partial charge in [-0.25, -0.2) is 8.42 Å². The van der Waals surface area contributed by atoms with Crippen LogP contribution in [0.15, 0.2) is 29.2 Å². The summed E-state index contributed by atoms with van der Waals surface area (Å²) in [5.41, 5.74) is 0. The zero-order chi connectivity index (χ0) is 13.9. The minimum atomic E-state index is -3.96. The Morgan fingerprint density at radius 1 is 1.33 bits per heavy atom. The highest BCUT2D eigenvalue weighted by molar-refractivity contribution is 14.1. The topological polar surface area (TPSA) is 104 Å². The molecule has 0 unspecified atom stereocenters. The number of hydrogen-bond donors (Lipinski definition) is 3. The molecule has 0 saturated heterocycles. The number of carboxylic acid groups (broad SMARTS) is 1. The van der Waals surface area contributed by atoms with E-state index in [1.807, 2.05) is 27.3 Å². The van der Waals surface area contributed by atoms with Gasteiger partial charge in [0.1, 0.15) is 6.04 Å². The SMILES string of the molecule is C[C@@H](O)[C@H](NS(=O)(=O)c1ccc(I)cc1)C(=O)O. The lowest BCUT2D eigenvalue weighted by Gasteiger charge is -2.17. The third kappa shape index (κ3) is 3.90. The Hall–Kier alpha value is -0.710. The first-order chi connectivity index (χ1) is 8.24. The zero-order valence-electron chi connectivity index (χ0n) is 9.37. The van der Waals surface area contributed by atoms with Gasteiger partial charge in [-0.3, -0.25) is 4.79 Å². The summed E-state index contributed by atoms with van der Waals surface area (Å²) in [6.45, 7) is 1.20. The molecule has 0 aliphatic carbocycles. The summed E-state index contributed by atoms with van der Waals surface area (Å²) < 4.78 is 26.6. The van der Waals surface area contributed by atoms with Gasteiger partial charge in [-0.05, 0) is 53.8 Å². The van der Waals surface area contributed by atoms with Crippen molar-refractivity contribution in [3.8, 4) is 0 Å². The standard InChI is InChI=1S/C10H12INO5S/c1-6(13)9(10(14)15)12-18(16,17)8-4-2-7(11)3-5-8/h2-6,9,12-13H,1H3,(H,14,15)/t6-,9+/m1/s1. The lowest BCUT2D eigenvalue weighted by Crippen LogP contribution is -2.47. The Kier molecular flexibility index (Phi) is 5.08. The Morgan fingerprint density at radius 3 is 2.22 bits per heavy atom. The predicted molar refractivity (Wildman–Crippen MR) is 72.6 cm³/mol. The monoisotopic (exact) mass is 385 g/mol. The maximum Gasteiger partial charge on any atom is 0.324 e. The molecule has 0 aliphatic rings. The summed E-state index contributed by atoms with van der Waals surface area (Å²) >= 11 is 2.02. The number of halogens is 1. The molecule has 18 heavy (non-hydrogen) atoms. The highest BCUT2D eigenvalue weighted by Crippen LogP contribution is 2.13. The van der Waals surface area contributed by atoms with E-state index in [0.717, 1.165) is 3.57 Å². The van der Waals surface area contributed by atoms with E-state index in [2.05, 4.69) is 0 Å². The summed E-state index contributed by atoms with van der Waals surface area (Å²) in [4.78, 5) is 10.8. The minimum Gasteiger partial charge on any atom is -0.480 e. The number of sulfonamides is 1. The molecular weight excluding hydrogens is 373 g/mol. The van der Waals surface area contributed by atoms with Crippen LogP contribution in [0.25, 0.3) is 0 Å². The number of benzene rings is 1. The van der Waals surface area contributed by atoms with Crippen molar-refractivity contribution in [3.05, 3.63) is 27.8 Å². The molecule has 1 rings (SSSR count). The lowest BCUT2D eigenvalue weighted by atomic mass is 10.2. The first-order valence-corrected chi connectivity index (χ1v) is 7.49. The molecule has 0 aromatic heterocycles. The van der Waals surface area contributed by atoms with Crippen LogP contribution in [-0.4, -0.2) is 36.7 Å². The predicted octanol–water partition coefficient (Wildman–Crippen LogP) is 0.403. The lowest BCUT2D eigenvalue weighted by molar-refractivity contribution is -0.141. The summed E-state index contributed by atoms with van der Waals surface area (Å²) in [6.07, 6.45) is -1.33. The van der Waals surface area contributed by atoms with E-state index in [0.29, 0.717) is 0 Å². The second kappa shape index (κ2) is 5.95. The fraction of sp³-hybridized carbons (Fsp3) is 0.300. The Labute approximate surface area is 118 Å². The fourth-order valence-corrected chi connectivity index (χ4v) is 2.83. The highest BCUT2D eigenvalue weighted by atomic mass is 127. The van der Waals surface area contributed by atoms with Crippen LogP contribution in [0.5, 0.6) is 0 Å². The molecule has 0 saturated carbocycles. The number of hydrogen-bond acceptors (Lipinski definition) is 4. The molecule has 0 fully saturated rings. The molecule has 1 aromatic carbocycles. The molecule has 1 aromatic rings. The molecule has 6 nitrogen and oxygen atoms in total. The van der Waals surface area contributed by atoms with Crippen molar-refractivity contribution in [2.45, 2.75) is 24.0 Å². The van der Waals surface area contributed by atoms with Gasteiger partial charge in [-0.1, -0.05) is 0 Å². The quantitative estimate of drug-likeness (QED) is 0.637. The van der Waals surface area contributed by atoms with Gasteiger partial charge in [-0.2, -0.15) is 4.72 Å². The van der Waals surface area contributed by atoms with Crippen LogP contribution >= 0.6 is 22.6 Å². The van der Waals surface area contributed by atoms with Crippen molar-refractivity contribution < 1.29 is 23.4 Å². The number of rotatable bonds is 5. The second-order valence-electron chi connectivity index (χ2n) is 3.63. The van der Waals surface area contributed by atoms with E-state index in [4.69, 9.17) is 5.11 Å². The van der Waals surface area contributed by atoms with Crippen molar-refractivity contribution in [2.75, 3.05) is 0 Å². The van der Waals surface area contributed by atoms with Gasteiger partial charge < -0.3 is 10.2 Å². The average molecular weight is 385 g/mol. The van der Waals surface area contributed by atoms with Crippen LogP contribution < -0.4 is 4.72 Å². The van der Waals surface area contributed by atoms with Crippen LogP contribution in [0.1, 0.15) is 6.92 Å². The molecule has 8 heteroatoms. The smallest absolute Gasteiger partial charge is 0.324 e. The van der Waals surface area contributed by atoms with Crippen molar-refractivity contribution in [1.82, 2.24) is 4.72 Å². The molecule has 0 spiro atoms. The van der Waals surface area contributed by atoms with Gasteiger partial charge in [0.2, 0.25) is 10.0 Å². The Morgan fingerprint density at radius 2 is 1.83 bits per heavy atom. The molecule has 3 N–H and O–H groups in total. The normalized spacial score (nSPS) is 15.1. The van der Waals surface area contributed by atoms with Gasteiger partial charge in [0, 0.05) is 3.57 Å². The van der Waals surface area contributed by atoms with E-state index in [1.165, 1.54) is 19.1 Å². The maximum absolute atomic E-state index is 11.9. The van der Waals surface area contributed by atoms with Crippen LogP contribution in [0, 0.1) is 3.57 Å². The molecule has 0 aliphatic heterocycles. The molecular formula is C10H12INO5S. The van der Waals surface area contributed by atoms with E-state index < -0.39 is 28.1 Å². The number of nitrogens with one attached hydrogen (secondary N) is 1. The molecule has 0 bridgehead atoms. The third-order valence-electron chi connectivity index (χ3n) is 2.15. The van der Waals surface area contributed by atoms with Gasteiger partial charge in [0.25, 0.3) is 0 Å². The van der Waals surface area contributed by atoms with Crippen molar-refractivity contribution >= 4 is 38.6 Å². The molecule has 2 atom stereocenters. The van der Waals surface area contributed by atoms with E-state index >= 15 is 0 Å². The van der Waals surface area contributed by atoms with E-state index in [1.54, 1.807) is 12.1 Å². The molecule has 100 valence electrons. The summed E-state index contributed by atoms with van der Waals surface area (Å²) in [5.74, 6) is -1.43. The van der Waals surface area contributed by atoms with Crippen molar-refractivity contribution in [3.63, 3.8) is 0 Å². The van der Waals surface area contributed by atoms with Crippen LogP contribution in [-0.2, 0) is 14.8 Å². The highest BCUT2D eigenvalue weighted by Gasteiger charge is 2.29. The second-order valence-corrected chi connectivity index (χ2v) is 6.59. The Bertz CT molecular complexity index is 526. The molecule has 0 amide bonds. The van der Waals surface area contributed by atoms with Gasteiger partial charge in [0.15, 0.2) is 0 Å². The van der Waals surface area contributed by atoms with Crippen LogP contribution in [0.4, 0.5) is 0 Å². The number of aliphatic hydroxyl groups is 1. The van der Waals surface area contributed by atoms with Crippen molar-refractivity contribution in [2.24, 2.45) is 0 Å². The summed E-state index contributed by atoms with van der Waals surface area (Å²) in [7, 11) is -3.96. The summed E-state index contributed by atoms with van der Waals surface area (Å²) in [6, 6.07) is 4.34. The van der Waals surface area contributed by atoms with E-state index in [9.17, 15) is 18.3 Å². The molecule has 0 radical (unpaired) electrons. The number of carbonyl (C=O) groups is 1. The first-order valence-electron chi connectivity index (χ1n) is 4.93. The Balaban J connectivity index is 3.01. The summed E-state index contributed by atoms with van der Waals surface area (Å²) in [5, 5.41) is 18.0. The minimum absolute atomic E-state index is 0.0465. The number of aliphatic hydroxyl groups excluding tert-OH is 1. The van der Waals surface area contributed by atoms with Crippen LogP contribution in [0.3, 0.4) is 0 Å². The van der Waals surface area contributed by atoms with Crippen LogP contribution in [0.2, 0.25) is 0 Å².